The summed E-state index contributed by atoms with van der Waals surface area (Å²) in [6.07, 6.45) is 1.07. The Morgan fingerprint density at radius 1 is 1.35 bits per heavy atom. The minimum absolute atomic E-state index is 0.158. The van der Waals surface area contributed by atoms with E-state index in [1.54, 1.807) is 32.0 Å². The molecule has 0 aliphatic rings. The van der Waals surface area contributed by atoms with Gasteiger partial charge in [-0.25, -0.2) is 13.1 Å². The predicted molar refractivity (Wildman–Crippen MR) is 82.9 cm³/mol. The largest absolute Gasteiger partial charge is 0.399 e. The fraction of sp³-hybridized carbons (Fsp3) is 0.417. The van der Waals surface area contributed by atoms with Gasteiger partial charge in [-0.2, -0.15) is 0 Å². The Morgan fingerprint density at radius 2 is 1.95 bits per heavy atom. The van der Waals surface area contributed by atoms with Crippen LogP contribution in [0.25, 0.3) is 0 Å². The van der Waals surface area contributed by atoms with E-state index in [9.17, 15) is 13.2 Å². The fourth-order valence-electron chi connectivity index (χ4n) is 1.68. The van der Waals surface area contributed by atoms with E-state index in [-0.39, 0.29) is 12.5 Å². The predicted octanol–water partition coefficient (Wildman–Crippen LogP) is 1.09. The number of sulfonamides is 1. The Kier molecular flexibility index (Phi) is 5.17. The molecule has 1 rings (SSSR count). The average molecular weight is 364 g/mol. The maximum Gasteiger partial charge on any atom is 0.251 e. The highest BCUT2D eigenvalue weighted by atomic mass is 79.9. The number of benzene rings is 1. The summed E-state index contributed by atoms with van der Waals surface area (Å²) in [6.45, 7) is 3.53. The first-order chi connectivity index (χ1) is 8.98. The SMILES string of the molecule is CC(C)(CNC(=O)c1cc(N)cc(Br)c1)NS(C)(=O)=O. The van der Waals surface area contributed by atoms with Crippen LogP contribution in [-0.2, 0) is 10.0 Å². The van der Waals surface area contributed by atoms with Gasteiger partial charge in [-0.05, 0) is 32.0 Å². The molecule has 0 bridgehead atoms. The van der Waals surface area contributed by atoms with E-state index >= 15 is 0 Å². The monoisotopic (exact) mass is 363 g/mol. The van der Waals surface area contributed by atoms with Crippen molar-refractivity contribution in [3.8, 4) is 0 Å². The van der Waals surface area contributed by atoms with Crippen molar-refractivity contribution >= 4 is 37.5 Å². The van der Waals surface area contributed by atoms with Crippen molar-refractivity contribution in [2.75, 3.05) is 18.5 Å². The smallest absolute Gasteiger partial charge is 0.251 e. The molecule has 20 heavy (non-hydrogen) atoms. The maximum absolute atomic E-state index is 12.0. The molecule has 6 nitrogen and oxygen atoms in total. The molecule has 0 unspecified atom stereocenters. The summed E-state index contributed by atoms with van der Waals surface area (Å²) >= 11 is 3.26. The molecule has 0 fully saturated rings. The van der Waals surface area contributed by atoms with E-state index in [1.165, 1.54) is 0 Å². The van der Waals surface area contributed by atoms with E-state index in [2.05, 4.69) is 26.0 Å². The summed E-state index contributed by atoms with van der Waals surface area (Å²) in [6, 6.07) is 4.88. The van der Waals surface area contributed by atoms with Crippen molar-refractivity contribution in [1.29, 1.82) is 0 Å². The number of carbonyl (C=O) groups is 1. The van der Waals surface area contributed by atoms with E-state index < -0.39 is 15.6 Å². The molecule has 0 spiro atoms. The molecule has 1 aromatic carbocycles. The van der Waals surface area contributed by atoms with Crippen LogP contribution >= 0.6 is 15.9 Å². The zero-order valence-corrected chi connectivity index (χ0v) is 13.9. The Labute approximate surface area is 127 Å². The van der Waals surface area contributed by atoms with E-state index in [0.717, 1.165) is 6.26 Å². The zero-order chi connectivity index (χ0) is 15.6. The van der Waals surface area contributed by atoms with Crippen LogP contribution in [0.15, 0.2) is 22.7 Å². The van der Waals surface area contributed by atoms with Crippen LogP contribution in [0.1, 0.15) is 24.2 Å². The van der Waals surface area contributed by atoms with Crippen molar-refractivity contribution in [2.24, 2.45) is 0 Å². The molecule has 0 atom stereocenters. The van der Waals surface area contributed by atoms with Gasteiger partial charge in [-0.1, -0.05) is 15.9 Å². The third kappa shape index (κ3) is 5.89. The summed E-state index contributed by atoms with van der Waals surface area (Å²) in [7, 11) is -3.34. The van der Waals surface area contributed by atoms with Gasteiger partial charge in [0.1, 0.15) is 0 Å². The molecule has 0 radical (unpaired) electrons. The van der Waals surface area contributed by atoms with Crippen molar-refractivity contribution in [1.82, 2.24) is 10.0 Å². The third-order valence-electron chi connectivity index (χ3n) is 2.33. The van der Waals surface area contributed by atoms with Gasteiger partial charge >= 0.3 is 0 Å². The summed E-state index contributed by atoms with van der Waals surface area (Å²) in [5, 5.41) is 2.67. The Balaban J connectivity index is 2.72. The molecule has 0 aromatic heterocycles. The zero-order valence-electron chi connectivity index (χ0n) is 11.5. The van der Waals surface area contributed by atoms with Crippen molar-refractivity contribution in [3.63, 3.8) is 0 Å². The number of anilines is 1. The highest BCUT2D eigenvalue weighted by Gasteiger charge is 2.23. The first-order valence-corrected chi connectivity index (χ1v) is 8.50. The summed E-state index contributed by atoms with van der Waals surface area (Å²) in [5.41, 5.74) is 5.76. The van der Waals surface area contributed by atoms with Crippen molar-refractivity contribution in [3.05, 3.63) is 28.2 Å². The fourth-order valence-corrected chi connectivity index (χ4v) is 3.27. The molecule has 1 aromatic rings. The number of carbonyl (C=O) groups excluding carboxylic acids is 1. The molecule has 0 saturated carbocycles. The van der Waals surface area contributed by atoms with Gasteiger partial charge in [-0.3, -0.25) is 4.79 Å². The molecule has 0 aliphatic heterocycles. The minimum atomic E-state index is -3.34. The number of nitrogen functional groups attached to an aromatic ring is 1. The number of amides is 1. The lowest BCUT2D eigenvalue weighted by atomic mass is 10.1. The summed E-state index contributed by atoms with van der Waals surface area (Å²) < 4.78 is 25.6. The number of halogens is 1. The van der Waals surface area contributed by atoms with Crippen molar-refractivity contribution in [2.45, 2.75) is 19.4 Å². The lowest BCUT2D eigenvalue weighted by molar-refractivity contribution is 0.0944. The first-order valence-electron chi connectivity index (χ1n) is 5.82. The van der Waals surface area contributed by atoms with Crippen LogP contribution in [-0.4, -0.2) is 32.7 Å². The second-order valence-corrected chi connectivity index (χ2v) is 7.88. The normalized spacial score (nSPS) is 12.2. The first kappa shape index (κ1) is 16.9. The average Bonchev–Trinajstić information content (AvgIpc) is 2.21. The van der Waals surface area contributed by atoms with Crippen LogP contribution in [0.4, 0.5) is 5.69 Å². The maximum atomic E-state index is 12.0. The van der Waals surface area contributed by atoms with Gasteiger partial charge in [0, 0.05) is 27.8 Å². The highest BCUT2D eigenvalue weighted by molar-refractivity contribution is 9.10. The van der Waals surface area contributed by atoms with Gasteiger partial charge in [0.25, 0.3) is 5.91 Å². The van der Waals surface area contributed by atoms with Crippen LogP contribution in [0.3, 0.4) is 0 Å². The van der Waals surface area contributed by atoms with Crippen LogP contribution in [0.5, 0.6) is 0 Å². The number of rotatable bonds is 5. The lowest BCUT2D eigenvalue weighted by Gasteiger charge is -2.25. The van der Waals surface area contributed by atoms with Crippen LogP contribution < -0.4 is 15.8 Å². The quantitative estimate of drug-likeness (QED) is 0.681. The van der Waals surface area contributed by atoms with E-state index in [4.69, 9.17) is 5.73 Å². The molecule has 112 valence electrons. The topological polar surface area (TPSA) is 101 Å². The van der Waals surface area contributed by atoms with E-state index in [0.29, 0.717) is 15.7 Å². The molecular weight excluding hydrogens is 346 g/mol. The third-order valence-corrected chi connectivity index (χ3v) is 3.72. The van der Waals surface area contributed by atoms with Crippen molar-refractivity contribution < 1.29 is 13.2 Å². The van der Waals surface area contributed by atoms with Gasteiger partial charge in [-0.15, -0.1) is 0 Å². The van der Waals surface area contributed by atoms with Gasteiger partial charge in [0.05, 0.1) is 6.26 Å². The van der Waals surface area contributed by atoms with Gasteiger partial charge in [0.2, 0.25) is 10.0 Å². The number of nitrogens with one attached hydrogen (secondary N) is 2. The molecule has 4 N–H and O–H groups in total. The Morgan fingerprint density at radius 3 is 2.45 bits per heavy atom. The summed E-state index contributed by atoms with van der Waals surface area (Å²) in [5.74, 6) is -0.318. The van der Waals surface area contributed by atoms with Gasteiger partial charge in [0.15, 0.2) is 0 Å². The molecule has 0 heterocycles. The van der Waals surface area contributed by atoms with E-state index in [1.807, 2.05) is 0 Å². The molecule has 1 amide bonds. The second-order valence-electron chi connectivity index (χ2n) is 5.21. The minimum Gasteiger partial charge on any atom is -0.399 e. The molecule has 0 aliphatic carbocycles. The van der Waals surface area contributed by atoms with Gasteiger partial charge < -0.3 is 11.1 Å². The standard InChI is InChI=1S/C12H18BrN3O3S/c1-12(2,16-20(3,18)19)7-15-11(17)8-4-9(13)6-10(14)5-8/h4-6,16H,7,14H2,1-3H3,(H,15,17). The number of nitrogens with two attached hydrogens (primary N) is 1. The second kappa shape index (κ2) is 6.11. The molecular formula is C12H18BrN3O3S. The Hall–Kier alpha value is -1.12. The Bertz CT molecular complexity index is 594. The summed E-state index contributed by atoms with van der Waals surface area (Å²) in [4.78, 5) is 12.0. The number of hydrogen-bond donors (Lipinski definition) is 3. The lowest BCUT2D eigenvalue weighted by Crippen LogP contribution is -2.51. The van der Waals surface area contributed by atoms with Crippen LogP contribution in [0, 0.1) is 0 Å². The molecule has 8 heteroatoms. The van der Waals surface area contributed by atoms with Crippen LogP contribution in [0.2, 0.25) is 0 Å². The highest BCUT2D eigenvalue weighted by Crippen LogP contribution is 2.17. The molecule has 0 saturated heterocycles. The number of hydrogen-bond acceptors (Lipinski definition) is 4.